The Morgan fingerprint density at radius 1 is 0.704 bits per heavy atom. The molecular weight excluding hydrogens is 331 g/mol. The fourth-order valence-corrected chi connectivity index (χ4v) is 5.63. The van der Waals surface area contributed by atoms with Crippen LogP contribution in [0.1, 0.15) is 86.8 Å². The maximum atomic E-state index is 13.5. The Morgan fingerprint density at radius 3 is 1.78 bits per heavy atom. The molecule has 2 aliphatic carbocycles. The third kappa shape index (κ3) is 4.45. The summed E-state index contributed by atoms with van der Waals surface area (Å²) in [5.74, 6) is 3.09. The number of halogens is 1. The lowest BCUT2D eigenvalue weighted by atomic mass is 9.67. The lowest BCUT2D eigenvalue weighted by molar-refractivity contribution is 0.177. The number of benzene rings is 2. The van der Waals surface area contributed by atoms with E-state index in [1.54, 1.807) is 17.7 Å². The molecule has 0 atom stereocenters. The van der Waals surface area contributed by atoms with Crippen molar-refractivity contribution in [1.29, 1.82) is 0 Å². The monoisotopic (exact) mass is 364 g/mol. The molecule has 4 rings (SSSR count). The second-order valence-electron chi connectivity index (χ2n) is 8.87. The third-order valence-corrected chi connectivity index (χ3v) is 7.39. The van der Waals surface area contributed by atoms with Gasteiger partial charge in [0.15, 0.2) is 0 Å². The zero-order valence-corrected chi connectivity index (χ0v) is 16.7. The first kappa shape index (κ1) is 18.7. The van der Waals surface area contributed by atoms with Gasteiger partial charge in [-0.3, -0.25) is 0 Å². The molecule has 0 amide bonds. The van der Waals surface area contributed by atoms with Gasteiger partial charge in [-0.2, -0.15) is 0 Å². The zero-order valence-electron chi connectivity index (χ0n) is 16.7. The lowest BCUT2D eigenvalue weighted by Crippen LogP contribution is -2.25. The van der Waals surface area contributed by atoms with E-state index in [9.17, 15) is 4.39 Å². The average Bonchev–Trinajstić information content (AvgIpc) is 2.74. The van der Waals surface area contributed by atoms with Crippen LogP contribution < -0.4 is 0 Å². The van der Waals surface area contributed by atoms with Gasteiger partial charge in [-0.1, -0.05) is 43.3 Å². The lowest BCUT2D eigenvalue weighted by Gasteiger charge is -2.38. The second-order valence-corrected chi connectivity index (χ2v) is 8.87. The first-order valence-corrected chi connectivity index (χ1v) is 11.1. The summed E-state index contributed by atoms with van der Waals surface area (Å²) < 4.78 is 13.5. The Hall–Kier alpha value is -1.63. The van der Waals surface area contributed by atoms with Crippen LogP contribution in [0.5, 0.6) is 0 Å². The fourth-order valence-electron chi connectivity index (χ4n) is 5.63. The van der Waals surface area contributed by atoms with Crippen LogP contribution in [0.4, 0.5) is 4.39 Å². The molecule has 2 aliphatic rings. The van der Waals surface area contributed by atoms with Crippen LogP contribution >= 0.6 is 0 Å². The topological polar surface area (TPSA) is 0 Å². The summed E-state index contributed by atoms with van der Waals surface area (Å²) in [6.07, 6.45) is 11.8. The van der Waals surface area contributed by atoms with Crippen LogP contribution in [0, 0.1) is 17.7 Å². The molecule has 27 heavy (non-hydrogen) atoms. The molecule has 0 unspecified atom stereocenters. The van der Waals surface area contributed by atoms with Crippen molar-refractivity contribution < 1.29 is 4.39 Å². The van der Waals surface area contributed by atoms with E-state index in [1.165, 1.54) is 62.5 Å². The van der Waals surface area contributed by atoms with E-state index in [-0.39, 0.29) is 5.82 Å². The maximum absolute atomic E-state index is 13.5. The first-order valence-electron chi connectivity index (χ1n) is 11.1. The Balaban J connectivity index is 1.28. The number of rotatable bonds is 4. The molecule has 2 aromatic rings. The third-order valence-electron chi connectivity index (χ3n) is 7.39. The highest BCUT2D eigenvalue weighted by Gasteiger charge is 2.31. The SMILES string of the molecule is CCc1ccc(C2CCC(C3CCC(c4cccc(F)c4)CC3)CC2)cc1. The highest BCUT2D eigenvalue weighted by Crippen LogP contribution is 2.45. The maximum Gasteiger partial charge on any atom is 0.123 e. The minimum Gasteiger partial charge on any atom is -0.207 e. The van der Waals surface area contributed by atoms with Gasteiger partial charge in [0.1, 0.15) is 5.82 Å². The summed E-state index contributed by atoms with van der Waals surface area (Å²) in [5, 5.41) is 0. The quantitative estimate of drug-likeness (QED) is 0.523. The van der Waals surface area contributed by atoms with Crippen molar-refractivity contribution in [2.45, 2.75) is 76.5 Å². The average molecular weight is 365 g/mol. The van der Waals surface area contributed by atoms with Crippen molar-refractivity contribution >= 4 is 0 Å². The fraction of sp³-hybridized carbons (Fsp3) is 0.538. The molecule has 2 saturated carbocycles. The smallest absolute Gasteiger partial charge is 0.123 e. The predicted octanol–water partition coefficient (Wildman–Crippen LogP) is 7.64. The van der Waals surface area contributed by atoms with Crippen molar-refractivity contribution in [3.05, 3.63) is 71.0 Å². The van der Waals surface area contributed by atoms with Crippen molar-refractivity contribution in [3.8, 4) is 0 Å². The summed E-state index contributed by atoms with van der Waals surface area (Å²) in [6, 6.07) is 16.7. The van der Waals surface area contributed by atoms with Gasteiger partial charge in [0.05, 0.1) is 0 Å². The van der Waals surface area contributed by atoms with Crippen molar-refractivity contribution in [2.24, 2.45) is 11.8 Å². The molecule has 0 spiro atoms. The summed E-state index contributed by atoms with van der Waals surface area (Å²) in [6.45, 7) is 2.23. The minimum atomic E-state index is -0.0834. The van der Waals surface area contributed by atoms with E-state index < -0.39 is 0 Å². The van der Waals surface area contributed by atoms with Gasteiger partial charge in [0, 0.05) is 0 Å². The Kier molecular flexibility index (Phi) is 5.95. The van der Waals surface area contributed by atoms with E-state index in [0.717, 1.165) is 24.2 Å². The Morgan fingerprint density at radius 2 is 1.26 bits per heavy atom. The molecule has 0 radical (unpaired) electrons. The van der Waals surface area contributed by atoms with Crippen molar-refractivity contribution in [2.75, 3.05) is 0 Å². The van der Waals surface area contributed by atoms with Crippen molar-refractivity contribution in [1.82, 2.24) is 0 Å². The summed E-state index contributed by atoms with van der Waals surface area (Å²) in [4.78, 5) is 0. The molecule has 0 bridgehead atoms. The van der Waals surface area contributed by atoms with Gasteiger partial charge in [0.2, 0.25) is 0 Å². The highest BCUT2D eigenvalue weighted by atomic mass is 19.1. The Labute approximate surface area is 164 Å². The molecule has 144 valence electrons. The second kappa shape index (κ2) is 8.59. The number of hydrogen-bond donors (Lipinski definition) is 0. The van der Waals surface area contributed by atoms with E-state index in [0.29, 0.717) is 5.92 Å². The van der Waals surface area contributed by atoms with E-state index in [4.69, 9.17) is 0 Å². The van der Waals surface area contributed by atoms with E-state index >= 15 is 0 Å². The molecule has 0 heterocycles. The summed E-state index contributed by atoms with van der Waals surface area (Å²) in [5.41, 5.74) is 4.22. The van der Waals surface area contributed by atoms with Gasteiger partial charge >= 0.3 is 0 Å². The Bertz CT molecular complexity index is 716. The normalized spacial score (nSPS) is 28.8. The predicted molar refractivity (Wildman–Crippen MR) is 112 cm³/mol. The largest absolute Gasteiger partial charge is 0.207 e. The van der Waals surface area contributed by atoms with Crippen LogP contribution in [0.3, 0.4) is 0 Å². The van der Waals surface area contributed by atoms with Crippen LogP contribution in [-0.4, -0.2) is 0 Å². The molecule has 2 fully saturated rings. The van der Waals surface area contributed by atoms with Gasteiger partial charge in [0.25, 0.3) is 0 Å². The van der Waals surface area contributed by atoms with E-state index in [2.05, 4.69) is 37.3 Å². The molecular formula is C26H33F. The van der Waals surface area contributed by atoms with Gasteiger partial charge in [-0.15, -0.1) is 0 Å². The summed E-state index contributed by atoms with van der Waals surface area (Å²) in [7, 11) is 0. The summed E-state index contributed by atoms with van der Waals surface area (Å²) >= 11 is 0. The van der Waals surface area contributed by atoms with Crippen LogP contribution in [0.15, 0.2) is 48.5 Å². The van der Waals surface area contributed by atoms with Crippen LogP contribution in [0.2, 0.25) is 0 Å². The number of aryl methyl sites for hydroxylation is 1. The first-order chi connectivity index (χ1) is 13.2. The van der Waals surface area contributed by atoms with Crippen molar-refractivity contribution in [3.63, 3.8) is 0 Å². The minimum absolute atomic E-state index is 0.0834. The molecule has 0 N–H and O–H groups in total. The van der Waals surface area contributed by atoms with E-state index in [1.807, 2.05) is 6.07 Å². The molecule has 1 heteroatoms. The van der Waals surface area contributed by atoms with Crippen LogP contribution in [-0.2, 0) is 6.42 Å². The zero-order chi connectivity index (χ0) is 18.6. The van der Waals surface area contributed by atoms with Gasteiger partial charge in [-0.05, 0) is 110 Å². The van der Waals surface area contributed by atoms with Gasteiger partial charge < -0.3 is 0 Å². The number of hydrogen-bond acceptors (Lipinski definition) is 0. The molecule has 2 aromatic carbocycles. The molecule has 0 nitrogen and oxygen atoms in total. The standard InChI is InChI=1S/C26H33F/c1-2-19-6-8-20(9-7-19)21-10-12-22(13-11-21)23-14-16-24(17-15-23)25-4-3-5-26(27)18-25/h3-9,18,21-24H,2,10-17H2,1H3. The van der Waals surface area contributed by atoms with Gasteiger partial charge in [-0.25, -0.2) is 4.39 Å². The van der Waals surface area contributed by atoms with Crippen LogP contribution in [0.25, 0.3) is 0 Å². The molecule has 0 aromatic heterocycles. The highest BCUT2D eigenvalue weighted by molar-refractivity contribution is 5.26. The molecule has 0 aliphatic heterocycles. The molecule has 0 saturated heterocycles.